The third-order valence-electron chi connectivity index (χ3n) is 3.20. The number of benzene rings is 1. The van der Waals surface area contributed by atoms with Crippen LogP contribution in [0.1, 0.15) is 30.6 Å². The number of rotatable bonds is 3. The molecule has 1 aliphatic heterocycles. The first kappa shape index (κ1) is 12.8. The number of anilines is 1. The Bertz CT molecular complexity index is 453. The smallest absolute Gasteiger partial charge is 0.221 e. The minimum atomic E-state index is -0.119. The second-order valence-corrected chi connectivity index (χ2v) is 4.59. The van der Waals surface area contributed by atoms with Gasteiger partial charge in [-0.05, 0) is 37.6 Å². The molecule has 0 spiro atoms. The monoisotopic (exact) mass is 247 g/mol. The summed E-state index contributed by atoms with van der Waals surface area (Å²) in [6.45, 7) is 4.04. The van der Waals surface area contributed by atoms with Gasteiger partial charge in [-0.25, -0.2) is 0 Å². The number of amides is 1. The minimum absolute atomic E-state index is 0.00692. The summed E-state index contributed by atoms with van der Waals surface area (Å²) in [5, 5.41) is 2.67. The van der Waals surface area contributed by atoms with Crippen molar-refractivity contribution in [2.75, 3.05) is 11.9 Å². The van der Waals surface area contributed by atoms with Crippen LogP contribution in [0.15, 0.2) is 24.3 Å². The Morgan fingerprint density at radius 3 is 2.44 bits per heavy atom. The summed E-state index contributed by atoms with van der Waals surface area (Å²) < 4.78 is 5.41. The average molecular weight is 247 g/mol. The van der Waals surface area contributed by atoms with Gasteiger partial charge < -0.3 is 10.1 Å². The first-order valence-electron chi connectivity index (χ1n) is 6.11. The molecule has 0 radical (unpaired) electrons. The van der Waals surface area contributed by atoms with E-state index in [1.54, 1.807) is 24.3 Å². The van der Waals surface area contributed by atoms with Crippen molar-refractivity contribution >= 4 is 17.4 Å². The van der Waals surface area contributed by atoms with E-state index in [1.807, 2.05) is 6.92 Å². The van der Waals surface area contributed by atoms with Crippen LogP contribution in [0.25, 0.3) is 0 Å². The van der Waals surface area contributed by atoms with Gasteiger partial charge >= 0.3 is 0 Å². The molecular weight excluding hydrogens is 230 g/mol. The van der Waals surface area contributed by atoms with Gasteiger partial charge in [-0.15, -0.1) is 0 Å². The van der Waals surface area contributed by atoms with Gasteiger partial charge in [-0.1, -0.05) is 0 Å². The van der Waals surface area contributed by atoms with Gasteiger partial charge in [0, 0.05) is 24.8 Å². The quantitative estimate of drug-likeness (QED) is 0.833. The molecule has 1 heterocycles. The second kappa shape index (κ2) is 5.31. The van der Waals surface area contributed by atoms with E-state index >= 15 is 0 Å². The lowest BCUT2D eigenvalue weighted by molar-refractivity contribution is -0.114. The van der Waals surface area contributed by atoms with Crippen LogP contribution in [-0.4, -0.2) is 24.4 Å². The third kappa shape index (κ3) is 2.76. The molecule has 96 valence electrons. The number of nitrogens with one attached hydrogen (secondary N) is 1. The van der Waals surface area contributed by atoms with Crippen molar-refractivity contribution in [2.45, 2.75) is 26.4 Å². The van der Waals surface area contributed by atoms with Gasteiger partial charge in [-0.3, -0.25) is 9.59 Å². The van der Waals surface area contributed by atoms with E-state index in [4.69, 9.17) is 4.74 Å². The standard InChI is InChI=1S/C14H17NO3/c1-9-13(7-8-18-9)14(17)11-3-5-12(6-4-11)15-10(2)16/h3-6,9,13H,7-8H2,1-2H3,(H,15,16). The zero-order valence-electron chi connectivity index (χ0n) is 10.6. The Morgan fingerprint density at radius 1 is 1.28 bits per heavy atom. The summed E-state index contributed by atoms with van der Waals surface area (Å²) in [7, 11) is 0. The zero-order chi connectivity index (χ0) is 13.1. The van der Waals surface area contributed by atoms with Crippen molar-refractivity contribution in [3.8, 4) is 0 Å². The molecule has 1 aliphatic rings. The number of hydrogen-bond donors (Lipinski definition) is 1. The lowest BCUT2D eigenvalue weighted by Gasteiger charge is -2.13. The van der Waals surface area contributed by atoms with Crippen molar-refractivity contribution < 1.29 is 14.3 Å². The largest absolute Gasteiger partial charge is 0.378 e. The summed E-state index contributed by atoms with van der Waals surface area (Å²) in [6.07, 6.45) is 0.778. The minimum Gasteiger partial charge on any atom is -0.378 e. The van der Waals surface area contributed by atoms with E-state index in [2.05, 4.69) is 5.32 Å². The van der Waals surface area contributed by atoms with Crippen LogP contribution >= 0.6 is 0 Å². The zero-order valence-corrected chi connectivity index (χ0v) is 10.6. The Labute approximate surface area is 106 Å². The van der Waals surface area contributed by atoms with Gasteiger partial charge in [0.15, 0.2) is 5.78 Å². The normalized spacial score (nSPS) is 22.8. The Kier molecular flexibility index (Phi) is 3.77. The molecule has 0 saturated carbocycles. The molecule has 1 fully saturated rings. The van der Waals surface area contributed by atoms with Crippen molar-refractivity contribution in [3.63, 3.8) is 0 Å². The fraction of sp³-hybridized carbons (Fsp3) is 0.429. The van der Waals surface area contributed by atoms with E-state index in [9.17, 15) is 9.59 Å². The van der Waals surface area contributed by atoms with Crippen LogP contribution in [0.4, 0.5) is 5.69 Å². The lowest BCUT2D eigenvalue weighted by atomic mass is 9.92. The Balaban J connectivity index is 2.09. The third-order valence-corrected chi connectivity index (χ3v) is 3.20. The van der Waals surface area contributed by atoms with Gasteiger partial charge in [0.1, 0.15) is 0 Å². The van der Waals surface area contributed by atoms with Crippen LogP contribution < -0.4 is 5.32 Å². The number of carbonyl (C=O) groups excluding carboxylic acids is 2. The fourth-order valence-corrected chi connectivity index (χ4v) is 2.21. The summed E-state index contributed by atoms with van der Waals surface area (Å²) in [4.78, 5) is 23.1. The maximum atomic E-state index is 12.2. The second-order valence-electron chi connectivity index (χ2n) is 4.59. The molecule has 0 aliphatic carbocycles. The van der Waals surface area contributed by atoms with Crippen LogP contribution in [0.3, 0.4) is 0 Å². The highest BCUT2D eigenvalue weighted by Gasteiger charge is 2.31. The lowest BCUT2D eigenvalue weighted by Crippen LogP contribution is -2.21. The van der Waals surface area contributed by atoms with Gasteiger partial charge in [-0.2, -0.15) is 0 Å². The molecule has 2 rings (SSSR count). The van der Waals surface area contributed by atoms with E-state index in [0.29, 0.717) is 17.9 Å². The first-order valence-corrected chi connectivity index (χ1v) is 6.11. The predicted octanol–water partition coefficient (Wildman–Crippen LogP) is 2.25. The molecule has 1 saturated heterocycles. The van der Waals surface area contributed by atoms with Crippen LogP contribution in [0, 0.1) is 5.92 Å². The Hall–Kier alpha value is -1.68. The number of Topliss-reactive ketones (excluding diaryl/α,β-unsaturated/α-hetero) is 1. The summed E-state index contributed by atoms with van der Waals surface area (Å²) in [5.41, 5.74) is 1.38. The van der Waals surface area contributed by atoms with Crippen molar-refractivity contribution in [3.05, 3.63) is 29.8 Å². The molecule has 2 unspecified atom stereocenters. The molecule has 2 atom stereocenters. The van der Waals surface area contributed by atoms with E-state index in [-0.39, 0.29) is 23.7 Å². The maximum Gasteiger partial charge on any atom is 0.221 e. The first-order chi connectivity index (χ1) is 8.58. The summed E-state index contributed by atoms with van der Waals surface area (Å²) in [6, 6.07) is 6.99. The van der Waals surface area contributed by atoms with Crippen molar-refractivity contribution in [1.29, 1.82) is 0 Å². The Morgan fingerprint density at radius 2 is 1.94 bits per heavy atom. The highest BCUT2D eigenvalue weighted by atomic mass is 16.5. The number of ketones is 1. The van der Waals surface area contributed by atoms with Gasteiger partial charge in [0.25, 0.3) is 0 Å². The molecule has 4 nitrogen and oxygen atoms in total. The number of hydrogen-bond acceptors (Lipinski definition) is 3. The SMILES string of the molecule is CC(=O)Nc1ccc(C(=O)C2CCOC2C)cc1. The molecule has 1 amide bonds. The molecule has 4 heteroatoms. The van der Waals surface area contributed by atoms with Gasteiger partial charge in [0.2, 0.25) is 5.91 Å². The summed E-state index contributed by atoms with van der Waals surface area (Å²) in [5.74, 6) is -0.0436. The van der Waals surface area contributed by atoms with E-state index < -0.39 is 0 Å². The molecule has 1 N–H and O–H groups in total. The highest BCUT2D eigenvalue weighted by Crippen LogP contribution is 2.25. The number of carbonyl (C=O) groups is 2. The highest BCUT2D eigenvalue weighted by molar-refractivity contribution is 5.99. The van der Waals surface area contributed by atoms with Crippen molar-refractivity contribution in [1.82, 2.24) is 0 Å². The molecule has 0 bridgehead atoms. The van der Waals surface area contributed by atoms with Crippen LogP contribution in [-0.2, 0) is 9.53 Å². The van der Waals surface area contributed by atoms with E-state index in [0.717, 1.165) is 6.42 Å². The maximum absolute atomic E-state index is 12.2. The number of ether oxygens (including phenoxy) is 1. The van der Waals surface area contributed by atoms with Crippen LogP contribution in [0.5, 0.6) is 0 Å². The molecular formula is C14H17NO3. The fourth-order valence-electron chi connectivity index (χ4n) is 2.21. The van der Waals surface area contributed by atoms with Crippen molar-refractivity contribution in [2.24, 2.45) is 5.92 Å². The predicted molar refractivity (Wildman–Crippen MR) is 68.6 cm³/mol. The van der Waals surface area contributed by atoms with Gasteiger partial charge in [0.05, 0.1) is 12.0 Å². The van der Waals surface area contributed by atoms with E-state index in [1.165, 1.54) is 6.92 Å². The molecule has 0 aromatic heterocycles. The molecule has 18 heavy (non-hydrogen) atoms. The average Bonchev–Trinajstić information content (AvgIpc) is 2.75. The molecule has 1 aromatic carbocycles. The molecule has 1 aromatic rings. The van der Waals surface area contributed by atoms with Crippen LogP contribution in [0.2, 0.25) is 0 Å². The summed E-state index contributed by atoms with van der Waals surface area (Å²) >= 11 is 0. The topological polar surface area (TPSA) is 55.4 Å².